The predicted octanol–water partition coefficient (Wildman–Crippen LogP) is 0.443. The van der Waals surface area contributed by atoms with E-state index in [9.17, 15) is 60.7 Å². The van der Waals surface area contributed by atoms with Gasteiger partial charge in [-0.05, 0) is 30.3 Å². The van der Waals surface area contributed by atoms with Gasteiger partial charge in [0, 0.05) is 17.7 Å². The maximum atomic E-state index is 13.5. The van der Waals surface area contributed by atoms with Crippen LogP contribution in [0.3, 0.4) is 0 Å². The van der Waals surface area contributed by atoms with Crippen molar-refractivity contribution >= 4 is 16.9 Å². The van der Waals surface area contributed by atoms with Crippen LogP contribution in [0.4, 0.5) is 0 Å². The van der Waals surface area contributed by atoms with Gasteiger partial charge in [0.15, 0.2) is 34.5 Å². The van der Waals surface area contributed by atoms with Crippen molar-refractivity contribution in [3.63, 3.8) is 0 Å². The fourth-order valence-corrected chi connectivity index (χ4v) is 4.46. The monoisotopic (exact) mass is 616 g/mol. The van der Waals surface area contributed by atoms with Gasteiger partial charge in [0.25, 0.3) is 0 Å². The number of aliphatic hydroxyl groups excluding tert-OH is 3. The lowest BCUT2D eigenvalue weighted by molar-refractivity contribution is -0.277. The Morgan fingerprint density at radius 3 is 2.11 bits per heavy atom. The van der Waals surface area contributed by atoms with E-state index < -0.39 is 111 Å². The highest BCUT2D eigenvalue weighted by molar-refractivity contribution is 5.91. The molecule has 0 spiro atoms. The van der Waals surface area contributed by atoms with Crippen LogP contribution in [0, 0.1) is 0 Å². The van der Waals surface area contributed by atoms with E-state index in [1.807, 2.05) is 0 Å². The topological polar surface area (TPSA) is 277 Å². The molecule has 4 aromatic rings. The molecule has 44 heavy (non-hydrogen) atoms. The number of phenols is 7. The van der Waals surface area contributed by atoms with Crippen molar-refractivity contribution < 1.29 is 74.5 Å². The minimum Gasteiger partial charge on any atom is -0.508 e. The molecule has 5 atom stereocenters. The van der Waals surface area contributed by atoms with E-state index in [1.54, 1.807) is 0 Å². The molecule has 0 saturated carbocycles. The van der Waals surface area contributed by atoms with E-state index in [2.05, 4.69) is 0 Å². The third kappa shape index (κ3) is 5.40. The predicted molar refractivity (Wildman–Crippen MR) is 144 cm³/mol. The minimum absolute atomic E-state index is 0.0612. The molecule has 5 rings (SSSR count). The summed E-state index contributed by atoms with van der Waals surface area (Å²) in [6, 6.07) is 6.70. The summed E-state index contributed by atoms with van der Waals surface area (Å²) in [5.74, 6) is -7.19. The number of hydrogen-bond acceptors (Lipinski definition) is 16. The smallest absolute Gasteiger partial charge is 0.338 e. The Bertz CT molecular complexity index is 1790. The third-order valence-corrected chi connectivity index (χ3v) is 6.74. The first-order valence-corrected chi connectivity index (χ1v) is 12.6. The zero-order valence-electron chi connectivity index (χ0n) is 22.1. The minimum atomic E-state index is -2.02. The second-order valence-electron chi connectivity index (χ2n) is 9.73. The van der Waals surface area contributed by atoms with Gasteiger partial charge < -0.3 is 69.7 Å². The number of hydrogen-bond donors (Lipinski definition) is 10. The third-order valence-electron chi connectivity index (χ3n) is 6.74. The molecule has 0 bridgehead atoms. The van der Waals surface area contributed by atoms with Crippen LogP contribution in [0.2, 0.25) is 0 Å². The number of phenolic OH excluding ortho intramolecular Hbond substituents is 7. The summed E-state index contributed by atoms with van der Waals surface area (Å²) < 4.78 is 21.9. The highest BCUT2D eigenvalue weighted by Crippen LogP contribution is 2.40. The molecule has 1 aromatic heterocycles. The number of rotatable bonds is 6. The summed E-state index contributed by atoms with van der Waals surface area (Å²) in [5.41, 5.74) is -1.84. The normalized spacial score (nSPS) is 21.7. The molecule has 1 aliphatic heterocycles. The lowest BCUT2D eigenvalue weighted by atomic mass is 9.99. The molecule has 2 heterocycles. The Labute approximate surface area is 244 Å². The highest BCUT2D eigenvalue weighted by Gasteiger charge is 2.46. The Kier molecular flexibility index (Phi) is 7.75. The molecule has 232 valence electrons. The number of fused-ring (bicyclic) bond motifs is 1. The Morgan fingerprint density at radius 1 is 0.773 bits per heavy atom. The van der Waals surface area contributed by atoms with Crippen LogP contribution in [0.25, 0.3) is 22.3 Å². The molecule has 1 fully saturated rings. The number of esters is 1. The van der Waals surface area contributed by atoms with E-state index >= 15 is 0 Å². The molecular weight excluding hydrogens is 592 g/mol. The summed E-state index contributed by atoms with van der Waals surface area (Å²) >= 11 is 0. The van der Waals surface area contributed by atoms with Crippen LogP contribution in [0.1, 0.15) is 10.4 Å². The average Bonchev–Trinajstić information content (AvgIpc) is 2.97. The summed E-state index contributed by atoms with van der Waals surface area (Å²) in [6.07, 6.45) is -9.43. The number of aromatic hydroxyl groups is 7. The number of carbonyl (C=O) groups is 1. The number of ether oxygens (including phenoxy) is 3. The van der Waals surface area contributed by atoms with E-state index in [1.165, 1.54) is 6.07 Å². The van der Waals surface area contributed by atoms with Crippen molar-refractivity contribution in [3.05, 3.63) is 58.3 Å². The van der Waals surface area contributed by atoms with Gasteiger partial charge in [0.1, 0.15) is 53.5 Å². The van der Waals surface area contributed by atoms with Crippen LogP contribution in [0.5, 0.6) is 46.0 Å². The fourth-order valence-electron chi connectivity index (χ4n) is 4.46. The van der Waals surface area contributed by atoms with Crippen molar-refractivity contribution in [1.29, 1.82) is 0 Å². The summed E-state index contributed by atoms with van der Waals surface area (Å²) in [5, 5.41) is 99.8. The first-order valence-electron chi connectivity index (χ1n) is 12.6. The van der Waals surface area contributed by atoms with Crippen molar-refractivity contribution in [2.45, 2.75) is 30.7 Å². The Morgan fingerprint density at radius 2 is 1.45 bits per heavy atom. The first-order chi connectivity index (χ1) is 20.8. The maximum Gasteiger partial charge on any atom is 0.338 e. The van der Waals surface area contributed by atoms with Crippen LogP contribution in [-0.2, 0) is 9.47 Å². The van der Waals surface area contributed by atoms with Crippen LogP contribution in [-0.4, -0.2) is 94.3 Å². The fraction of sp³-hybridized carbons (Fsp3) is 0.214. The molecule has 16 nitrogen and oxygen atoms in total. The molecule has 1 saturated heterocycles. The largest absolute Gasteiger partial charge is 0.508 e. The van der Waals surface area contributed by atoms with E-state index in [-0.39, 0.29) is 11.1 Å². The standard InChI is InChI=1S/C28H24O16/c29-11-6-14(32)19-17(7-11)42-25(9-1-2-12(30)13(31)3-9)26(22(19)37)44-28-24(39)23(38)21(36)18(43-28)8-41-27(40)10-4-15(33)20(35)16(34)5-10/h1-7,18,21,23-24,28-36,38-39H,8H2/t18-,21+,23+,24+,28-/m0/s1. The average molecular weight is 616 g/mol. The van der Waals surface area contributed by atoms with Gasteiger partial charge in [0.2, 0.25) is 17.5 Å². The van der Waals surface area contributed by atoms with Gasteiger partial charge in [-0.3, -0.25) is 4.79 Å². The molecule has 0 aliphatic carbocycles. The lowest BCUT2D eigenvalue weighted by Gasteiger charge is -2.39. The summed E-state index contributed by atoms with van der Waals surface area (Å²) in [4.78, 5) is 26.0. The molecule has 16 heteroatoms. The molecule has 10 N–H and O–H groups in total. The molecular formula is C28H24O16. The quantitative estimate of drug-likeness (QED) is 0.104. The van der Waals surface area contributed by atoms with Gasteiger partial charge in [-0.1, -0.05) is 0 Å². The van der Waals surface area contributed by atoms with Gasteiger partial charge >= 0.3 is 5.97 Å². The van der Waals surface area contributed by atoms with Crippen LogP contribution < -0.4 is 10.2 Å². The lowest BCUT2D eigenvalue weighted by Crippen LogP contribution is -2.60. The number of carbonyl (C=O) groups excluding carboxylic acids is 1. The molecule has 3 aromatic carbocycles. The van der Waals surface area contributed by atoms with Crippen LogP contribution in [0.15, 0.2) is 51.7 Å². The molecule has 1 aliphatic rings. The Hall–Kier alpha value is -5.42. The van der Waals surface area contributed by atoms with Gasteiger partial charge in [-0.15, -0.1) is 0 Å². The first kappa shape index (κ1) is 30.1. The van der Waals surface area contributed by atoms with E-state index in [0.29, 0.717) is 0 Å². The SMILES string of the molecule is O=C(OC[C@@H]1O[C@@H](Oc2c(-c3ccc(O)c(O)c3)oc3cc(O)cc(O)c3c2=O)[C@H](O)[C@H](O)[C@@H]1O)c1cc(O)c(O)c(O)c1. The van der Waals surface area contributed by atoms with E-state index in [4.69, 9.17) is 18.6 Å². The van der Waals surface area contributed by atoms with Crippen molar-refractivity contribution in [3.8, 4) is 57.3 Å². The van der Waals surface area contributed by atoms with Gasteiger partial charge in [-0.2, -0.15) is 0 Å². The summed E-state index contributed by atoms with van der Waals surface area (Å²) in [6.45, 7) is -0.795. The number of aliphatic hydroxyl groups is 3. The van der Waals surface area contributed by atoms with Crippen molar-refractivity contribution in [2.24, 2.45) is 0 Å². The highest BCUT2D eigenvalue weighted by atomic mass is 16.7. The van der Waals surface area contributed by atoms with Gasteiger partial charge in [0.05, 0.1) is 5.56 Å². The second-order valence-corrected chi connectivity index (χ2v) is 9.73. The summed E-state index contributed by atoms with van der Waals surface area (Å²) in [7, 11) is 0. The van der Waals surface area contributed by atoms with Crippen LogP contribution >= 0.6 is 0 Å². The zero-order valence-corrected chi connectivity index (χ0v) is 22.1. The maximum absolute atomic E-state index is 13.5. The van der Waals surface area contributed by atoms with Crippen molar-refractivity contribution in [2.75, 3.05) is 6.61 Å². The van der Waals surface area contributed by atoms with Gasteiger partial charge in [-0.25, -0.2) is 4.79 Å². The van der Waals surface area contributed by atoms with E-state index in [0.717, 1.165) is 36.4 Å². The zero-order chi connectivity index (χ0) is 32.0. The molecule has 0 unspecified atom stereocenters. The number of benzene rings is 3. The van der Waals surface area contributed by atoms with Crippen molar-refractivity contribution in [1.82, 2.24) is 0 Å². The Balaban J connectivity index is 1.48. The molecule has 0 radical (unpaired) electrons. The molecule has 0 amide bonds. The second kappa shape index (κ2) is 11.3.